The van der Waals surface area contributed by atoms with Crippen molar-refractivity contribution in [2.75, 3.05) is 12.4 Å². The van der Waals surface area contributed by atoms with Crippen LogP contribution in [0.15, 0.2) is 30.3 Å². The van der Waals surface area contributed by atoms with E-state index in [1.807, 2.05) is 32.0 Å². The maximum absolute atomic E-state index is 10.3. The summed E-state index contributed by atoms with van der Waals surface area (Å²) < 4.78 is 5.10. The van der Waals surface area contributed by atoms with Crippen molar-refractivity contribution in [3.63, 3.8) is 0 Å². The Labute approximate surface area is 134 Å². The predicted molar refractivity (Wildman–Crippen MR) is 87.5 cm³/mol. The average Bonchev–Trinajstić information content (AvgIpc) is 2.41. The molecule has 0 aromatic heterocycles. The van der Waals surface area contributed by atoms with Crippen molar-refractivity contribution in [2.45, 2.75) is 20.1 Å². The third-order valence-corrected chi connectivity index (χ3v) is 3.78. The van der Waals surface area contributed by atoms with E-state index in [-0.39, 0.29) is 0 Å². The topological polar surface area (TPSA) is 41.5 Å². The molecule has 2 rings (SSSR count). The summed E-state index contributed by atoms with van der Waals surface area (Å²) in [6.45, 7) is 4.01. The average molecular weight is 326 g/mol. The lowest BCUT2D eigenvalue weighted by Crippen LogP contribution is -2.11. The van der Waals surface area contributed by atoms with Gasteiger partial charge in [-0.05, 0) is 37.6 Å². The fraction of sp³-hybridized carbons (Fsp3) is 0.250. The highest BCUT2D eigenvalue weighted by Gasteiger charge is 2.14. The van der Waals surface area contributed by atoms with Gasteiger partial charge in [-0.1, -0.05) is 40.9 Å². The smallest absolute Gasteiger partial charge is 0.156 e. The van der Waals surface area contributed by atoms with Crippen LogP contribution in [0.4, 0.5) is 5.69 Å². The van der Waals surface area contributed by atoms with Gasteiger partial charge in [-0.15, -0.1) is 0 Å². The summed E-state index contributed by atoms with van der Waals surface area (Å²) in [5, 5.41) is 14.1. The molecule has 5 heteroatoms. The van der Waals surface area contributed by atoms with Crippen molar-refractivity contribution in [3.05, 3.63) is 57.1 Å². The summed E-state index contributed by atoms with van der Waals surface area (Å²) in [6.07, 6.45) is -0.910. The Balaban J connectivity index is 2.26. The lowest BCUT2D eigenvalue weighted by atomic mass is 10.1. The Hall–Kier alpha value is -1.42. The number of aliphatic hydroxyl groups is 1. The highest BCUT2D eigenvalue weighted by atomic mass is 35.5. The highest BCUT2D eigenvalue weighted by molar-refractivity contribution is 6.37. The third-order valence-electron chi connectivity index (χ3n) is 3.21. The van der Waals surface area contributed by atoms with Gasteiger partial charge in [0, 0.05) is 11.3 Å². The number of benzene rings is 2. The molecule has 0 radical (unpaired) electrons. The Bertz CT molecular complexity index is 636. The molecule has 0 heterocycles. The van der Waals surface area contributed by atoms with Crippen molar-refractivity contribution >= 4 is 28.9 Å². The van der Waals surface area contributed by atoms with Crippen LogP contribution >= 0.6 is 23.2 Å². The Morgan fingerprint density at radius 1 is 1.10 bits per heavy atom. The molecule has 0 saturated heterocycles. The van der Waals surface area contributed by atoms with E-state index in [9.17, 15) is 5.11 Å². The molecule has 0 spiro atoms. The molecule has 0 fully saturated rings. The van der Waals surface area contributed by atoms with Gasteiger partial charge in [-0.25, -0.2) is 0 Å². The van der Waals surface area contributed by atoms with E-state index in [1.54, 1.807) is 12.1 Å². The molecule has 1 unspecified atom stereocenters. The minimum absolute atomic E-state index is 0.362. The number of hydrogen-bond donors (Lipinski definition) is 2. The summed E-state index contributed by atoms with van der Waals surface area (Å²) in [7, 11) is 1.50. The van der Waals surface area contributed by atoms with Crippen LogP contribution in [-0.4, -0.2) is 12.2 Å². The first-order valence-electron chi connectivity index (χ1n) is 6.47. The minimum Gasteiger partial charge on any atom is -0.494 e. The van der Waals surface area contributed by atoms with Crippen LogP contribution < -0.4 is 10.1 Å². The molecule has 2 N–H and O–H groups in total. The summed E-state index contributed by atoms with van der Waals surface area (Å²) in [4.78, 5) is 0. The molecule has 112 valence electrons. The number of methoxy groups -OCH3 is 1. The monoisotopic (exact) mass is 325 g/mol. The molecule has 2 aromatic rings. The minimum atomic E-state index is -0.910. The zero-order valence-corrected chi connectivity index (χ0v) is 13.6. The maximum Gasteiger partial charge on any atom is 0.156 e. The van der Waals surface area contributed by atoms with Gasteiger partial charge in [-0.2, -0.15) is 0 Å². The molecule has 0 saturated carbocycles. The Morgan fingerprint density at radius 3 is 2.24 bits per heavy atom. The van der Waals surface area contributed by atoms with E-state index in [4.69, 9.17) is 27.9 Å². The van der Waals surface area contributed by atoms with E-state index >= 15 is 0 Å². The number of rotatable bonds is 4. The van der Waals surface area contributed by atoms with E-state index in [0.717, 1.165) is 11.3 Å². The zero-order valence-electron chi connectivity index (χ0n) is 12.1. The Kier molecular flexibility index (Phi) is 4.99. The lowest BCUT2D eigenvalue weighted by molar-refractivity contribution is 0.208. The summed E-state index contributed by atoms with van der Waals surface area (Å²) >= 11 is 12.2. The summed E-state index contributed by atoms with van der Waals surface area (Å²) in [5.74, 6) is 0.404. The van der Waals surface area contributed by atoms with Crippen molar-refractivity contribution < 1.29 is 9.84 Å². The number of halogens is 2. The Morgan fingerprint density at radius 2 is 1.71 bits per heavy atom. The number of aryl methyl sites for hydroxylation is 2. The molecule has 0 amide bonds. The maximum atomic E-state index is 10.3. The molecule has 0 aliphatic carbocycles. The molecule has 1 atom stereocenters. The molecule has 0 aliphatic heterocycles. The molecule has 0 bridgehead atoms. The van der Waals surface area contributed by atoms with Gasteiger partial charge in [0.05, 0.1) is 17.2 Å². The number of aliphatic hydroxyl groups excluding tert-OH is 1. The summed E-state index contributed by atoms with van der Waals surface area (Å²) in [5.41, 5.74) is 3.66. The third kappa shape index (κ3) is 3.62. The van der Waals surface area contributed by atoms with E-state index in [1.165, 1.54) is 12.7 Å². The van der Waals surface area contributed by atoms with Crippen LogP contribution in [-0.2, 0) is 0 Å². The van der Waals surface area contributed by atoms with Crippen molar-refractivity contribution in [3.8, 4) is 5.75 Å². The fourth-order valence-electron chi connectivity index (χ4n) is 2.14. The molecule has 2 aromatic carbocycles. The van der Waals surface area contributed by atoms with Gasteiger partial charge in [0.15, 0.2) is 12.0 Å². The summed E-state index contributed by atoms with van der Waals surface area (Å²) in [6, 6.07) is 9.22. The van der Waals surface area contributed by atoms with Crippen molar-refractivity contribution in [1.82, 2.24) is 0 Å². The first-order valence-corrected chi connectivity index (χ1v) is 7.22. The van der Waals surface area contributed by atoms with E-state index in [0.29, 0.717) is 21.4 Å². The number of hydrogen-bond acceptors (Lipinski definition) is 3. The number of nitrogens with one attached hydrogen (secondary N) is 1. The first-order chi connectivity index (χ1) is 9.92. The lowest BCUT2D eigenvalue weighted by Gasteiger charge is -2.18. The van der Waals surface area contributed by atoms with Gasteiger partial charge in [0.25, 0.3) is 0 Å². The zero-order chi connectivity index (χ0) is 15.6. The van der Waals surface area contributed by atoms with E-state index < -0.39 is 6.23 Å². The van der Waals surface area contributed by atoms with Gasteiger partial charge in [0.1, 0.15) is 0 Å². The van der Waals surface area contributed by atoms with Gasteiger partial charge in [0.2, 0.25) is 0 Å². The molecule has 0 aliphatic rings. The predicted octanol–water partition coefficient (Wildman–Crippen LogP) is 4.72. The normalized spacial score (nSPS) is 12.1. The van der Waals surface area contributed by atoms with Crippen LogP contribution in [0.5, 0.6) is 5.75 Å². The number of ether oxygens (including phenoxy) is 1. The standard InChI is InChI=1S/C16H17Cl2NO2/c1-9-4-5-14(10(2)6-9)19-16(20)11-7-12(17)15(21-3)13(18)8-11/h4-8,16,19-20H,1-3H3. The molecule has 21 heavy (non-hydrogen) atoms. The molecular formula is C16H17Cl2NO2. The second-order valence-electron chi connectivity index (χ2n) is 4.88. The number of anilines is 1. The van der Waals surface area contributed by atoms with Crippen molar-refractivity contribution in [2.24, 2.45) is 0 Å². The molecule has 3 nitrogen and oxygen atoms in total. The first kappa shape index (κ1) is 16.0. The van der Waals surface area contributed by atoms with Crippen LogP contribution in [0.25, 0.3) is 0 Å². The second-order valence-corrected chi connectivity index (χ2v) is 5.70. The molecular weight excluding hydrogens is 309 g/mol. The quantitative estimate of drug-likeness (QED) is 0.799. The van der Waals surface area contributed by atoms with E-state index in [2.05, 4.69) is 5.32 Å². The van der Waals surface area contributed by atoms with Gasteiger partial charge >= 0.3 is 0 Å². The fourth-order valence-corrected chi connectivity index (χ4v) is 2.80. The van der Waals surface area contributed by atoms with Crippen LogP contribution in [0, 0.1) is 13.8 Å². The van der Waals surface area contributed by atoms with Gasteiger partial charge < -0.3 is 15.2 Å². The second kappa shape index (κ2) is 6.56. The van der Waals surface area contributed by atoms with Gasteiger partial charge in [-0.3, -0.25) is 0 Å². The largest absolute Gasteiger partial charge is 0.494 e. The highest BCUT2D eigenvalue weighted by Crippen LogP contribution is 2.35. The van der Waals surface area contributed by atoms with Crippen LogP contribution in [0.1, 0.15) is 22.9 Å². The van der Waals surface area contributed by atoms with Crippen LogP contribution in [0.2, 0.25) is 10.0 Å². The SMILES string of the molecule is COc1c(Cl)cc(C(O)Nc2ccc(C)cc2C)cc1Cl. The van der Waals surface area contributed by atoms with Crippen LogP contribution in [0.3, 0.4) is 0 Å². The van der Waals surface area contributed by atoms with Crippen molar-refractivity contribution in [1.29, 1.82) is 0 Å².